The van der Waals surface area contributed by atoms with E-state index in [1.54, 1.807) is 19.2 Å². The lowest BCUT2D eigenvalue weighted by Crippen LogP contribution is -2.37. The van der Waals surface area contributed by atoms with Crippen LogP contribution < -0.4 is 15.6 Å². The number of alkyl halides is 3. The summed E-state index contributed by atoms with van der Waals surface area (Å²) in [4.78, 5) is 25.9. The van der Waals surface area contributed by atoms with Gasteiger partial charge in [0.15, 0.2) is 0 Å². The van der Waals surface area contributed by atoms with Gasteiger partial charge in [-0.25, -0.2) is 0 Å². The number of halogens is 3. The normalized spacial score (nSPS) is 12.7. The molecule has 0 radical (unpaired) electrons. The van der Waals surface area contributed by atoms with Gasteiger partial charge in [-0.1, -0.05) is 12.1 Å². The number of ether oxygens (including phenoxy) is 1. The minimum atomic E-state index is -4.59. The van der Waals surface area contributed by atoms with Crippen LogP contribution in [0.3, 0.4) is 0 Å². The van der Waals surface area contributed by atoms with Gasteiger partial charge in [-0.3, -0.25) is 9.59 Å². The maximum atomic E-state index is 12.8. The van der Waals surface area contributed by atoms with Crippen molar-refractivity contribution in [1.82, 2.24) is 14.8 Å². The largest absolute Gasteiger partial charge is 0.497 e. The van der Waals surface area contributed by atoms with E-state index >= 15 is 0 Å². The lowest BCUT2D eigenvalue weighted by Gasteiger charge is -2.25. The third-order valence-electron chi connectivity index (χ3n) is 4.24. The lowest BCUT2D eigenvalue weighted by molar-refractivity contribution is -0.138. The monoisotopic (exact) mass is 397 g/mol. The molecule has 1 N–H and O–H groups in total. The smallest absolute Gasteiger partial charge is 0.417 e. The van der Waals surface area contributed by atoms with Crippen molar-refractivity contribution in [2.45, 2.75) is 18.8 Å². The molecule has 28 heavy (non-hydrogen) atoms. The number of amides is 1. The van der Waals surface area contributed by atoms with Gasteiger partial charge in [0.1, 0.15) is 12.3 Å². The number of benzene rings is 1. The molecule has 1 unspecified atom stereocenters. The second-order valence-electron chi connectivity index (χ2n) is 6.44. The first-order valence-corrected chi connectivity index (χ1v) is 8.46. The Morgan fingerprint density at radius 3 is 2.36 bits per heavy atom. The van der Waals surface area contributed by atoms with E-state index in [0.717, 1.165) is 16.2 Å². The molecule has 0 fully saturated rings. The second kappa shape index (κ2) is 8.92. The highest BCUT2D eigenvalue weighted by molar-refractivity contribution is 5.75. The molecule has 0 bridgehead atoms. The van der Waals surface area contributed by atoms with Crippen LogP contribution in [0.2, 0.25) is 0 Å². The van der Waals surface area contributed by atoms with E-state index in [4.69, 9.17) is 4.74 Å². The van der Waals surface area contributed by atoms with Crippen molar-refractivity contribution in [3.05, 3.63) is 64.1 Å². The minimum Gasteiger partial charge on any atom is -0.497 e. The molecule has 6 nitrogen and oxygen atoms in total. The van der Waals surface area contributed by atoms with E-state index in [0.29, 0.717) is 18.0 Å². The summed E-state index contributed by atoms with van der Waals surface area (Å²) in [6, 6.07) is 8.68. The fraction of sp³-hybridized carbons (Fsp3) is 0.368. The number of methoxy groups -OCH3 is 1. The molecule has 2 rings (SSSR count). The topological polar surface area (TPSA) is 63.6 Å². The Kier molecular flexibility index (Phi) is 6.85. The van der Waals surface area contributed by atoms with E-state index < -0.39 is 29.8 Å². The average Bonchev–Trinajstić information content (AvgIpc) is 2.63. The van der Waals surface area contributed by atoms with Gasteiger partial charge >= 0.3 is 6.18 Å². The van der Waals surface area contributed by atoms with Crippen molar-refractivity contribution in [1.29, 1.82) is 0 Å². The first-order valence-electron chi connectivity index (χ1n) is 8.46. The van der Waals surface area contributed by atoms with Gasteiger partial charge in [0, 0.05) is 18.8 Å². The summed E-state index contributed by atoms with van der Waals surface area (Å²) in [5.74, 6) is 0.149. The third kappa shape index (κ3) is 5.59. The number of aromatic nitrogens is 1. The summed E-state index contributed by atoms with van der Waals surface area (Å²) in [6.07, 6.45) is -3.94. The number of carbonyl (C=O) groups excluding carboxylic acids is 1. The number of nitrogens with one attached hydrogen (secondary N) is 1. The Morgan fingerprint density at radius 1 is 1.18 bits per heavy atom. The molecule has 1 amide bonds. The molecule has 1 heterocycles. The summed E-state index contributed by atoms with van der Waals surface area (Å²) in [7, 11) is 5.26. The molecular weight excluding hydrogens is 375 g/mol. The number of nitrogens with zero attached hydrogens (tertiary/aromatic N) is 2. The van der Waals surface area contributed by atoms with Crippen LogP contribution in [-0.2, 0) is 17.5 Å². The zero-order valence-electron chi connectivity index (χ0n) is 15.8. The predicted octanol–water partition coefficient (Wildman–Crippen LogP) is 2.29. The molecule has 1 aromatic carbocycles. The summed E-state index contributed by atoms with van der Waals surface area (Å²) in [5, 5.41) is 2.67. The highest BCUT2D eigenvalue weighted by Gasteiger charge is 2.31. The van der Waals surface area contributed by atoms with E-state index in [1.165, 1.54) is 0 Å². The van der Waals surface area contributed by atoms with Gasteiger partial charge in [0.25, 0.3) is 5.56 Å². The van der Waals surface area contributed by atoms with Crippen LogP contribution in [0.1, 0.15) is 17.2 Å². The molecule has 152 valence electrons. The van der Waals surface area contributed by atoms with Crippen molar-refractivity contribution in [3.8, 4) is 5.75 Å². The average molecular weight is 397 g/mol. The molecule has 0 saturated heterocycles. The minimum absolute atomic E-state index is 0.159. The summed E-state index contributed by atoms with van der Waals surface area (Å²) in [5.41, 5.74) is -0.728. The lowest BCUT2D eigenvalue weighted by atomic mass is 10.1. The Balaban J connectivity index is 2.06. The zero-order chi connectivity index (χ0) is 20.9. The first kappa shape index (κ1) is 21.5. The molecule has 0 saturated carbocycles. The molecular formula is C19H22F3N3O3. The fourth-order valence-electron chi connectivity index (χ4n) is 2.67. The third-order valence-corrected chi connectivity index (χ3v) is 4.24. The van der Waals surface area contributed by atoms with Crippen molar-refractivity contribution < 1.29 is 22.7 Å². The van der Waals surface area contributed by atoms with Crippen LogP contribution in [0.4, 0.5) is 13.2 Å². The fourth-order valence-corrected chi connectivity index (χ4v) is 2.67. The predicted molar refractivity (Wildman–Crippen MR) is 98.1 cm³/mol. The van der Waals surface area contributed by atoms with Crippen LogP contribution in [0, 0.1) is 0 Å². The molecule has 0 aliphatic rings. The highest BCUT2D eigenvalue weighted by atomic mass is 19.4. The van der Waals surface area contributed by atoms with Gasteiger partial charge in [-0.2, -0.15) is 13.2 Å². The Morgan fingerprint density at radius 2 is 1.82 bits per heavy atom. The Labute approximate surface area is 160 Å². The van der Waals surface area contributed by atoms with Crippen LogP contribution in [0.5, 0.6) is 5.75 Å². The van der Waals surface area contributed by atoms with Crippen LogP contribution >= 0.6 is 0 Å². The van der Waals surface area contributed by atoms with Gasteiger partial charge in [-0.05, 0) is 37.9 Å². The number of pyridine rings is 1. The number of hydrogen-bond acceptors (Lipinski definition) is 4. The quantitative estimate of drug-likeness (QED) is 0.779. The summed E-state index contributed by atoms with van der Waals surface area (Å²) >= 11 is 0. The molecule has 0 aliphatic carbocycles. The highest BCUT2D eigenvalue weighted by Crippen LogP contribution is 2.28. The maximum absolute atomic E-state index is 12.8. The van der Waals surface area contributed by atoms with Gasteiger partial charge in [-0.15, -0.1) is 0 Å². The van der Waals surface area contributed by atoms with E-state index in [-0.39, 0.29) is 12.6 Å². The van der Waals surface area contributed by atoms with E-state index in [1.807, 2.05) is 31.1 Å². The molecule has 1 aromatic heterocycles. The van der Waals surface area contributed by atoms with Crippen molar-refractivity contribution in [3.63, 3.8) is 0 Å². The van der Waals surface area contributed by atoms with Crippen LogP contribution in [-0.4, -0.2) is 43.1 Å². The van der Waals surface area contributed by atoms with Crippen molar-refractivity contribution in [2.24, 2.45) is 0 Å². The van der Waals surface area contributed by atoms with Gasteiger partial charge in [0.05, 0.1) is 18.7 Å². The van der Waals surface area contributed by atoms with Crippen LogP contribution in [0.25, 0.3) is 0 Å². The molecule has 1 atom stereocenters. The van der Waals surface area contributed by atoms with E-state index in [2.05, 4.69) is 5.32 Å². The number of carbonyl (C=O) groups is 1. The number of rotatable bonds is 7. The maximum Gasteiger partial charge on any atom is 0.417 e. The SMILES string of the molecule is COc1ccc(C(CNC(=O)Cn2cc(C(F)(F)F)ccc2=O)N(C)C)cc1. The molecule has 0 spiro atoms. The van der Waals surface area contributed by atoms with Crippen LogP contribution in [0.15, 0.2) is 47.4 Å². The number of hydrogen-bond donors (Lipinski definition) is 1. The zero-order valence-corrected chi connectivity index (χ0v) is 15.8. The molecule has 0 aliphatic heterocycles. The van der Waals surface area contributed by atoms with E-state index in [9.17, 15) is 22.8 Å². The second-order valence-corrected chi connectivity index (χ2v) is 6.44. The Hall–Kier alpha value is -2.81. The standard InChI is InChI=1S/C19H22F3N3O3/c1-24(2)16(13-4-7-15(28-3)8-5-13)10-23-17(26)12-25-11-14(19(20,21)22)6-9-18(25)27/h4-9,11,16H,10,12H2,1-3H3,(H,23,26). The van der Waals surface area contributed by atoms with Gasteiger partial charge in [0.2, 0.25) is 5.91 Å². The number of likely N-dealkylation sites (N-methyl/N-ethyl adjacent to an activating group) is 1. The molecule has 2 aromatic rings. The van der Waals surface area contributed by atoms with Crippen molar-refractivity contribution in [2.75, 3.05) is 27.7 Å². The Bertz CT molecular complexity index is 861. The summed E-state index contributed by atoms with van der Waals surface area (Å²) < 4.78 is 44.2. The summed E-state index contributed by atoms with van der Waals surface area (Å²) in [6.45, 7) is -0.266. The van der Waals surface area contributed by atoms with Crippen molar-refractivity contribution >= 4 is 5.91 Å². The van der Waals surface area contributed by atoms with Gasteiger partial charge < -0.3 is 19.5 Å². The molecule has 9 heteroatoms. The first-order chi connectivity index (χ1) is 13.1.